The van der Waals surface area contributed by atoms with E-state index in [2.05, 4.69) is 0 Å². The van der Waals surface area contributed by atoms with Crippen LogP contribution in [0.1, 0.15) is 0 Å². The van der Waals surface area contributed by atoms with Crippen LogP contribution in [0.25, 0.3) is 0 Å². The number of rotatable bonds is 1. The number of para-hydroxylation sites is 1. The van der Waals surface area contributed by atoms with E-state index in [4.69, 9.17) is 5.26 Å². The highest BCUT2D eigenvalue weighted by molar-refractivity contribution is 5.28. The number of nitriles is 1. The predicted molar refractivity (Wildman–Crippen MR) is 36.0 cm³/mol. The molecule has 0 heterocycles. The molecule has 10 heavy (non-hydrogen) atoms. The lowest BCUT2D eigenvalue weighted by Crippen LogP contribution is -2.97. The third-order valence-electron chi connectivity index (χ3n) is 1.14. The molecule has 0 amide bonds. The topological polar surface area (TPSA) is 51.3 Å². The molecule has 1 unspecified atom stereocenters. The van der Waals surface area contributed by atoms with Gasteiger partial charge < -0.3 is 5.21 Å². The third-order valence-corrected chi connectivity index (χ3v) is 1.14. The summed E-state index contributed by atoms with van der Waals surface area (Å²) in [4.78, 5) is 0. The van der Waals surface area contributed by atoms with E-state index in [1.54, 1.807) is 36.5 Å². The van der Waals surface area contributed by atoms with E-state index in [9.17, 15) is 5.21 Å². The summed E-state index contributed by atoms with van der Waals surface area (Å²) < 4.78 is 0. The standard InChI is InChI=1S/C7H6N2O/c8-6-9(10)7-4-2-1-3-5-7/h1-5,9H. The van der Waals surface area contributed by atoms with E-state index in [0.717, 1.165) is 0 Å². The Morgan fingerprint density at radius 2 is 1.90 bits per heavy atom. The second-order valence-electron chi connectivity index (χ2n) is 1.81. The van der Waals surface area contributed by atoms with Gasteiger partial charge in [0.05, 0.1) is 0 Å². The SMILES string of the molecule is N#C[NH+]([O-])c1ccccc1. The fourth-order valence-electron chi connectivity index (χ4n) is 0.654. The van der Waals surface area contributed by atoms with E-state index >= 15 is 0 Å². The average molecular weight is 134 g/mol. The van der Waals surface area contributed by atoms with E-state index in [0.29, 0.717) is 5.69 Å². The van der Waals surface area contributed by atoms with Crippen molar-refractivity contribution in [1.82, 2.24) is 0 Å². The number of nitrogens with one attached hydrogen (secondary N) is 1. The molecule has 0 aliphatic heterocycles. The van der Waals surface area contributed by atoms with Gasteiger partial charge in [-0.2, -0.15) is 0 Å². The van der Waals surface area contributed by atoms with Gasteiger partial charge in [0, 0.05) is 12.1 Å². The Hall–Kier alpha value is -1.37. The lowest BCUT2D eigenvalue weighted by atomic mass is 10.3. The van der Waals surface area contributed by atoms with Crippen LogP contribution in [0.4, 0.5) is 5.69 Å². The summed E-state index contributed by atoms with van der Waals surface area (Å²) in [6.07, 6.45) is 1.54. The molecule has 1 aromatic carbocycles. The van der Waals surface area contributed by atoms with Crippen LogP contribution in [0, 0.1) is 16.7 Å². The van der Waals surface area contributed by atoms with Crippen molar-refractivity contribution >= 4 is 5.69 Å². The fourth-order valence-corrected chi connectivity index (χ4v) is 0.654. The largest absolute Gasteiger partial charge is 0.613 e. The van der Waals surface area contributed by atoms with Crippen LogP contribution in [0.2, 0.25) is 0 Å². The molecule has 0 fully saturated rings. The van der Waals surface area contributed by atoms with Gasteiger partial charge >= 0.3 is 6.19 Å². The van der Waals surface area contributed by atoms with Crippen LogP contribution < -0.4 is 5.06 Å². The zero-order valence-electron chi connectivity index (χ0n) is 5.24. The summed E-state index contributed by atoms with van der Waals surface area (Å²) in [6, 6.07) is 8.49. The van der Waals surface area contributed by atoms with Crippen molar-refractivity contribution in [1.29, 1.82) is 5.26 Å². The van der Waals surface area contributed by atoms with Crippen LogP contribution >= 0.6 is 0 Å². The molecule has 50 valence electrons. The second kappa shape index (κ2) is 2.97. The first-order valence-electron chi connectivity index (χ1n) is 2.84. The molecule has 3 nitrogen and oxygen atoms in total. The van der Waals surface area contributed by atoms with Crippen molar-refractivity contribution in [3.05, 3.63) is 35.5 Å². The Labute approximate surface area is 58.7 Å². The number of nitrogens with zero attached hydrogens (tertiary/aromatic N) is 1. The van der Waals surface area contributed by atoms with Gasteiger partial charge in [-0.25, -0.2) is 5.06 Å². The van der Waals surface area contributed by atoms with Crippen molar-refractivity contribution in [3.8, 4) is 6.19 Å². The van der Waals surface area contributed by atoms with Gasteiger partial charge in [-0.15, -0.1) is 5.26 Å². The van der Waals surface area contributed by atoms with Crippen molar-refractivity contribution in [3.63, 3.8) is 0 Å². The first-order chi connectivity index (χ1) is 4.84. The van der Waals surface area contributed by atoms with Gasteiger partial charge in [0.2, 0.25) is 0 Å². The molecule has 0 aliphatic rings. The van der Waals surface area contributed by atoms with Crippen LogP contribution in [0.3, 0.4) is 0 Å². The Morgan fingerprint density at radius 3 is 2.40 bits per heavy atom. The Bertz CT molecular complexity index is 240. The van der Waals surface area contributed by atoms with E-state index < -0.39 is 5.06 Å². The molecule has 0 radical (unpaired) electrons. The molecule has 0 saturated heterocycles. The number of hydroxylamine groups is 1. The number of hydrogen-bond acceptors (Lipinski definition) is 2. The molecular weight excluding hydrogens is 128 g/mol. The number of quaternary nitrogens is 1. The zero-order chi connectivity index (χ0) is 7.40. The first kappa shape index (κ1) is 6.75. The van der Waals surface area contributed by atoms with E-state index in [1.165, 1.54) is 0 Å². The van der Waals surface area contributed by atoms with Crippen LogP contribution in [0.5, 0.6) is 0 Å². The number of hydrogen-bond donors (Lipinski definition) is 1. The minimum absolute atomic E-state index is 0.449. The van der Waals surface area contributed by atoms with E-state index in [1.807, 2.05) is 0 Å². The fraction of sp³-hybridized carbons (Fsp3) is 0. The molecule has 0 bridgehead atoms. The lowest BCUT2D eigenvalue weighted by molar-refractivity contribution is -0.697. The quantitative estimate of drug-likeness (QED) is 0.440. The first-order valence-corrected chi connectivity index (χ1v) is 2.84. The predicted octanol–water partition coefficient (Wildman–Crippen LogP) is 0.182. The summed E-state index contributed by atoms with van der Waals surface area (Å²) in [7, 11) is 0. The van der Waals surface area contributed by atoms with Gasteiger partial charge in [0.15, 0.2) is 0 Å². The molecule has 3 heteroatoms. The lowest BCUT2D eigenvalue weighted by Gasteiger charge is -2.08. The van der Waals surface area contributed by atoms with Gasteiger partial charge in [-0.3, -0.25) is 0 Å². The van der Waals surface area contributed by atoms with E-state index in [-0.39, 0.29) is 0 Å². The highest BCUT2D eigenvalue weighted by Crippen LogP contribution is 1.96. The second-order valence-corrected chi connectivity index (χ2v) is 1.81. The normalized spacial score (nSPS) is 12.0. The van der Waals surface area contributed by atoms with Gasteiger partial charge in [-0.1, -0.05) is 18.2 Å². The molecule has 1 rings (SSSR count). The smallest absolute Gasteiger partial charge is 0.312 e. The summed E-state index contributed by atoms with van der Waals surface area (Å²) in [5.41, 5.74) is 0.449. The van der Waals surface area contributed by atoms with Gasteiger partial charge in [0.1, 0.15) is 5.69 Å². The maximum Gasteiger partial charge on any atom is 0.312 e. The van der Waals surface area contributed by atoms with Crippen LogP contribution in [-0.4, -0.2) is 0 Å². The molecule has 1 atom stereocenters. The van der Waals surface area contributed by atoms with Crippen molar-refractivity contribution < 1.29 is 5.06 Å². The minimum atomic E-state index is -0.486. The maximum absolute atomic E-state index is 10.7. The van der Waals surface area contributed by atoms with Gasteiger partial charge in [-0.05, 0) is 0 Å². The number of benzene rings is 1. The molecule has 1 aromatic rings. The summed E-state index contributed by atoms with van der Waals surface area (Å²) in [5, 5.41) is 18.4. The molecule has 1 N–H and O–H groups in total. The summed E-state index contributed by atoms with van der Waals surface area (Å²) in [5.74, 6) is 0. The maximum atomic E-state index is 10.7. The molecule has 0 spiro atoms. The minimum Gasteiger partial charge on any atom is -0.613 e. The monoisotopic (exact) mass is 134 g/mol. The molecular formula is C7H6N2O. The van der Waals surface area contributed by atoms with Gasteiger partial charge in [0.25, 0.3) is 0 Å². The molecule has 0 aromatic heterocycles. The Kier molecular flexibility index (Phi) is 2.00. The third kappa shape index (κ3) is 1.32. The zero-order valence-corrected chi connectivity index (χ0v) is 5.24. The van der Waals surface area contributed by atoms with Crippen LogP contribution in [0.15, 0.2) is 30.3 Å². The molecule has 0 aliphatic carbocycles. The Balaban J connectivity index is 2.88. The Morgan fingerprint density at radius 1 is 1.30 bits per heavy atom. The van der Waals surface area contributed by atoms with Crippen LogP contribution in [-0.2, 0) is 0 Å². The molecule has 0 saturated carbocycles. The van der Waals surface area contributed by atoms with Crippen molar-refractivity contribution in [2.24, 2.45) is 0 Å². The van der Waals surface area contributed by atoms with Crippen molar-refractivity contribution in [2.75, 3.05) is 0 Å². The summed E-state index contributed by atoms with van der Waals surface area (Å²) >= 11 is 0. The van der Waals surface area contributed by atoms with Crippen molar-refractivity contribution in [2.45, 2.75) is 0 Å². The highest BCUT2D eigenvalue weighted by Gasteiger charge is 1.96. The average Bonchev–Trinajstić information content (AvgIpc) is 2.05. The highest BCUT2D eigenvalue weighted by atomic mass is 16.5. The summed E-state index contributed by atoms with van der Waals surface area (Å²) in [6.45, 7) is 0.